The number of ether oxygens (including phenoxy) is 1. The maximum absolute atomic E-state index is 12.0. The highest BCUT2D eigenvalue weighted by Crippen LogP contribution is 2.24. The molecule has 20 heavy (non-hydrogen) atoms. The number of hydrogen-bond acceptors (Lipinski definition) is 3. The van der Waals surface area contributed by atoms with E-state index < -0.39 is 0 Å². The van der Waals surface area contributed by atoms with Crippen LogP contribution in [0.25, 0.3) is 0 Å². The van der Waals surface area contributed by atoms with Gasteiger partial charge in [0.2, 0.25) is 0 Å². The van der Waals surface area contributed by atoms with Gasteiger partial charge < -0.3 is 15.2 Å². The number of carbonyl (C=O) groups excluding carboxylic acids is 1. The lowest BCUT2D eigenvalue weighted by molar-refractivity contribution is 0.0915. The zero-order chi connectivity index (χ0) is 14.4. The lowest BCUT2D eigenvalue weighted by Crippen LogP contribution is -2.36. The quantitative estimate of drug-likeness (QED) is 0.840. The molecule has 0 saturated heterocycles. The van der Waals surface area contributed by atoms with E-state index in [1.54, 1.807) is 12.1 Å². The Kier molecular flexibility index (Phi) is 5.41. The van der Waals surface area contributed by atoms with Crippen molar-refractivity contribution in [3.8, 4) is 5.75 Å². The van der Waals surface area contributed by atoms with E-state index in [2.05, 4.69) is 5.32 Å². The van der Waals surface area contributed by atoms with Gasteiger partial charge in [-0.1, -0.05) is 6.92 Å². The Hall–Kier alpha value is -1.55. The fourth-order valence-electron chi connectivity index (χ4n) is 2.43. The fourth-order valence-corrected chi connectivity index (χ4v) is 2.43. The van der Waals surface area contributed by atoms with E-state index in [4.69, 9.17) is 9.84 Å². The van der Waals surface area contributed by atoms with Crippen LogP contribution in [0.1, 0.15) is 49.4 Å². The van der Waals surface area contributed by atoms with Crippen LogP contribution < -0.4 is 10.1 Å². The highest BCUT2D eigenvalue weighted by atomic mass is 16.5. The molecule has 0 heterocycles. The summed E-state index contributed by atoms with van der Waals surface area (Å²) in [5, 5.41) is 11.9. The molecule has 1 fully saturated rings. The van der Waals surface area contributed by atoms with Crippen molar-refractivity contribution >= 4 is 5.91 Å². The summed E-state index contributed by atoms with van der Waals surface area (Å²) in [7, 11) is 0. The Morgan fingerprint density at radius 2 is 2.00 bits per heavy atom. The number of benzene rings is 1. The lowest BCUT2D eigenvalue weighted by Gasteiger charge is -2.15. The van der Waals surface area contributed by atoms with Gasteiger partial charge in [-0.2, -0.15) is 0 Å². The van der Waals surface area contributed by atoms with Gasteiger partial charge >= 0.3 is 0 Å². The zero-order valence-corrected chi connectivity index (χ0v) is 12.0. The standard InChI is InChI=1S/C16H23NO3/c1-2-13(11-18)17-16(19)12-7-9-15(10-8-12)20-14-5-3-4-6-14/h7-10,13-14,18H,2-6,11H2,1H3,(H,17,19). The highest BCUT2D eigenvalue weighted by Gasteiger charge is 2.17. The van der Waals surface area contributed by atoms with Crippen molar-refractivity contribution in [2.45, 2.75) is 51.2 Å². The van der Waals surface area contributed by atoms with Gasteiger partial charge in [0.1, 0.15) is 5.75 Å². The number of hydrogen-bond donors (Lipinski definition) is 2. The first-order chi connectivity index (χ1) is 9.72. The number of carbonyl (C=O) groups is 1. The first-order valence-corrected chi connectivity index (χ1v) is 7.41. The summed E-state index contributed by atoms with van der Waals surface area (Å²) >= 11 is 0. The molecule has 4 nitrogen and oxygen atoms in total. The van der Waals surface area contributed by atoms with Crippen molar-refractivity contribution < 1.29 is 14.6 Å². The Morgan fingerprint density at radius 1 is 1.35 bits per heavy atom. The monoisotopic (exact) mass is 277 g/mol. The predicted octanol–water partition coefficient (Wildman–Crippen LogP) is 2.51. The molecule has 4 heteroatoms. The summed E-state index contributed by atoms with van der Waals surface area (Å²) < 4.78 is 5.86. The molecule has 0 bridgehead atoms. The van der Waals surface area contributed by atoms with Gasteiger partial charge in [0.05, 0.1) is 18.8 Å². The molecule has 1 aromatic rings. The number of amides is 1. The van der Waals surface area contributed by atoms with Gasteiger partial charge in [-0.15, -0.1) is 0 Å². The smallest absolute Gasteiger partial charge is 0.251 e. The third kappa shape index (κ3) is 3.97. The molecular formula is C16H23NO3. The molecule has 0 spiro atoms. The van der Waals surface area contributed by atoms with Crippen molar-refractivity contribution in [3.05, 3.63) is 29.8 Å². The third-order valence-electron chi connectivity index (χ3n) is 3.77. The first kappa shape index (κ1) is 14.9. The van der Waals surface area contributed by atoms with Gasteiger partial charge in [0, 0.05) is 5.56 Å². The third-order valence-corrected chi connectivity index (χ3v) is 3.77. The molecule has 110 valence electrons. The van der Waals surface area contributed by atoms with E-state index in [1.165, 1.54) is 12.8 Å². The maximum Gasteiger partial charge on any atom is 0.251 e. The second-order valence-electron chi connectivity index (χ2n) is 5.31. The van der Waals surface area contributed by atoms with Crippen LogP contribution in [0.4, 0.5) is 0 Å². The Bertz CT molecular complexity index is 420. The van der Waals surface area contributed by atoms with Crippen LogP contribution in [-0.4, -0.2) is 29.8 Å². The molecule has 1 saturated carbocycles. The normalized spacial score (nSPS) is 16.9. The van der Waals surface area contributed by atoms with Crippen molar-refractivity contribution in [2.24, 2.45) is 0 Å². The Labute approximate surface area is 120 Å². The van der Waals surface area contributed by atoms with E-state index in [0.29, 0.717) is 18.1 Å². The summed E-state index contributed by atoms with van der Waals surface area (Å²) in [6.07, 6.45) is 5.77. The van der Waals surface area contributed by atoms with Gasteiger partial charge in [0.25, 0.3) is 5.91 Å². The first-order valence-electron chi connectivity index (χ1n) is 7.41. The van der Waals surface area contributed by atoms with E-state index >= 15 is 0 Å². The van der Waals surface area contributed by atoms with Gasteiger partial charge in [0.15, 0.2) is 0 Å². The van der Waals surface area contributed by atoms with Crippen molar-refractivity contribution in [2.75, 3.05) is 6.61 Å². The molecule has 2 N–H and O–H groups in total. The van der Waals surface area contributed by atoms with Gasteiger partial charge in [-0.3, -0.25) is 4.79 Å². The zero-order valence-electron chi connectivity index (χ0n) is 12.0. The molecule has 0 aliphatic heterocycles. The van der Waals surface area contributed by atoms with E-state index in [-0.39, 0.29) is 18.6 Å². The van der Waals surface area contributed by atoms with Crippen LogP contribution in [0.2, 0.25) is 0 Å². The van der Waals surface area contributed by atoms with Crippen LogP contribution in [0.3, 0.4) is 0 Å². The second-order valence-corrected chi connectivity index (χ2v) is 5.31. The van der Waals surface area contributed by atoms with Crippen molar-refractivity contribution in [1.82, 2.24) is 5.32 Å². The van der Waals surface area contributed by atoms with Crippen LogP contribution in [0.5, 0.6) is 5.75 Å². The lowest BCUT2D eigenvalue weighted by atomic mass is 10.1. The van der Waals surface area contributed by atoms with Crippen molar-refractivity contribution in [1.29, 1.82) is 0 Å². The molecule has 2 rings (SSSR count). The molecule has 1 aliphatic rings. The van der Waals surface area contributed by atoms with Gasteiger partial charge in [-0.05, 0) is 56.4 Å². The van der Waals surface area contributed by atoms with Crippen LogP contribution in [-0.2, 0) is 0 Å². The number of rotatable bonds is 6. The number of aliphatic hydroxyl groups excluding tert-OH is 1. The van der Waals surface area contributed by atoms with Gasteiger partial charge in [-0.25, -0.2) is 0 Å². The van der Waals surface area contributed by atoms with E-state index in [0.717, 1.165) is 18.6 Å². The second kappa shape index (κ2) is 7.29. The SMILES string of the molecule is CCC(CO)NC(=O)c1ccc(OC2CCCC2)cc1. The van der Waals surface area contributed by atoms with Crippen LogP contribution >= 0.6 is 0 Å². The topological polar surface area (TPSA) is 58.6 Å². The summed E-state index contributed by atoms with van der Waals surface area (Å²) in [5.74, 6) is 0.668. The fraction of sp³-hybridized carbons (Fsp3) is 0.562. The van der Waals surface area contributed by atoms with E-state index in [9.17, 15) is 4.79 Å². The molecule has 1 unspecified atom stereocenters. The molecule has 0 radical (unpaired) electrons. The minimum atomic E-state index is -0.183. The highest BCUT2D eigenvalue weighted by molar-refractivity contribution is 5.94. The van der Waals surface area contributed by atoms with Crippen LogP contribution in [0.15, 0.2) is 24.3 Å². The average molecular weight is 277 g/mol. The Balaban J connectivity index is 1.91. The predicted molar refractivity (Wildman–Crippen MR) is 78.0 cm³/mol. The molecule has 1 atom stereocenters. The maximum atomic E-state index is 12.0. The Morgan fingerprint density at radius 3 is 2.55 bits per heavy atom. The minimum Gasteiger partial charge on any atom is -0.490 e. The summed E-state index contributed by atoms with van der Waals surface area (Å²) in [4.78, 5) is 12.0. The van der Waals surface area contributed by atoms with Crippen molar-refractivity contribution in [3.63, 3.8) is 0 Å². The summed E-state index contributed by atoms with van der Waals surface area (Å²) in [6, 6.07) is 7.03. The largest absolute Gasteiger partial charge is 0.490 e. The molecule has 1 aromatic carbocycles. The minimum absolute atomic E-state index is 0.0366. The molecule has 1 amide bonds. The molecule has 1 aliphatic carbocycles. The molecular weight excluding hydrogens is 254 g/mol. The molecule has 0 aromatic heterocycles. The average Bonchev–Trinajstić information content (AvgIpc) is 2.98. The summed E-state index contributed by atoms with van der Waals surface area (Å²) in [5.41, 5.74) is 0.593. The number of aliphatic hydroxyl groups is 1. The number of nitrogens with one attached hydrogen (secondary N) is 1. The van der Waals surface area contributed by atoms with E-state index in [1.807, 2.05) is 19.1 Å². The van der Waals surface area contributed by atoms with Crippen LogP contribution in [0, 0.1) is 0 Å². The summed E-state index contributed by atoms with van der Waals surface area (Å²) in [6.45, 7) is 1.89.